The third-order valence-electron chi connectivity index (χ3n) is 3.44. The number of methoxy groups -OCH3 is 1. The van der Waals surface area contributed by atoms with Crippen LogP contribution >= 0.6 is 0 Å². The summed E-state index contributed by atoms with van der Waals surface area (Å²) in [6.07, 6.45) is 0. The SMILES string of the molecule is COc1cccc(CN2CCN(C)CC2CN)n1. The maximum atomic E-state index is 5.85. The van der Waals surface area contributed by atoms with Gasteiger partial charge in [-0.1, -0.05) is 6.07 Å². The number of nitrogens with two attached hydrogens (primary N) is 1. The molecule has 0 bridgehead atoms. The number of hydrogen-bond acceptors (Lipinski definition) is 5. The third kappa shape index (κ3) is 3.19. The van der Waals surface area contributed by atoms with E-state index in [1.54, 1.807) is 7.11 Å². The first kappa shape index (κ1) is 13.3. The van der Waals surface area contributed by atoms with Gasteiger partial charge in [0, 0.05) is 44.8 Å². The topological polar surface area (TPSA) is 54.6 Å². The first-order chi connectivity index (χ1) is 8.72. The Kier molecular flexibility index (Phi) is 4.52. The molecular formula is C13H22N4O. The normalized spacial score (nSPS) is 22.1. The summed E-state index contributed by atoms with van der Waals surface area (Å²) in [5.41, 5.74) is 6.89. The van der Waals surface area contributed by atoms with Gasteiger partial charge in [0.05, 0.1) is 12.8 Å². The number of aromatic nitrogens is 1. The van der Waals surface area contributed by atoms with Gasteiger partial charge in [-0.15, -0.1) is 0 Å². The smallest absolute Gasteiger partial charge is 0.213 e. The maximum absolute atomic E-state index is 5.85. The molecular weight excluding hydrogens is 228 g/mol. The fourth-order valence-electron chi connectivity index (χ4n) is 2.35. The molecule has 2 N–H and O–H groups in total. The van der Waals surface area contributed by atoms with Crippen molar-refractivity contribution < 1.29 is 4.74 Å². The maximum Gasteiger partial charge on any atom is 0.213 e. The highest BCUT2D eigenvalue weighted by atomic mass is 16.5. The Labute approximate surface area is 109 Å². The summed E-state index contributed by atoms with van der Waals surface area (Å²) in [6, 6.07) is 6.30. The molecule has 100 valence electrons. The second kappa shape index (κ2) is 6.13. The van der Waals surface area contributed by atoms with Crippen molar-refractivity contribution in [2.24, 2.45) is 5.73 Å². The Morgan fingerprint density at radius 1 is 1.44 bits per heavy atom. The summed E-state index contributed by atoms with van der Waals surface area (Å²) in [5, 5.41) is 0. The summed E-state index contributed by atoms with van der Waals surface area (Å²) in [6.45, 7) is 4.68. The van der Waals surface area contributed by atoms with Crippen LogP contribution in [0.5, 0.6) is 5.88 Å². The zero-order valence-corrected chi connectivity index (χ0v) is 11.2. The standard InChI is InChI=1S/C13H22N4O/c1-16-6-7-17(12(8-14)10-16)9-11-4-3-5-13(15-11)18-2/h3-5,12H,6-10,14H2,1-2H3. The van der Waals surface area contributed by atoms with Gasteiger partial charge in [0.2, 0.25) is 5.88 Å². The summed E-state index contributed by atoms with van der Waals surface area (Å²) >= 11 is 0. The van der Waals surface area contributed by atoms with E-state index in [-0.39, 0.29) is 0 Å². The van der Waals surface area contributed by atoms with Gasteiger partial charge in [-0.25, -0.2) is 4.98 Å². The molecule has 18 heavy (non-hydrogen) atoms. The molecule has 5 heteroatoms. The summed E-state index contributed by atoms with van der Waals surface area (Å²) < 4.78 is 5.15. The molecule has 0 aromatic carbocycles. The fraction of sp³-hybridized carbons (Fsp3) is 0.615. The van der Waals surface area contributed by atoms with E-state index in [9.17, 15) is 0 Å². The number of nitrogens with zero attached hydrogens (tertiary/aromatic N) is 3. The first-order valence-electron chi connectivity index (χ1n) is 6.35. The zero-order chi connectivity index (χ0) is 13.0. The van der Waals surface area contributed by atoms with Crippen LogP contribution in [0.3, 0.4) is 0 Å². The minimum Gasteiger partial charge on any atom is -0.481 e. The molecule has 0 aliphatic carbocycles. The highest BCUT2D eigenvalue weighted by Gasteiger charge is 2.24. The molecule has 2 rings (SSSR count). The lowest BCUT2D eigenvalue weighted by Crippen LogP contribution is -2.54. The van der Waals surface area contributed by atoms with Gasteiger partial charge in [0.1, 0.15) is 0 Å². The van der Waals surface area contributed by atoms with Gasteiger partial charge in [-0.3, -0.25) is 4.90 Å². The van der Waals surface area contributed by atoms with Crippen LogP contribution in [0.1, 0.15) is 5.69 Å². The van der Waals surface area contributed by atoms with E-state index >= 15 is 0 Å². The quantitative estimate of drug-likeness (QED) is 0.825. The van der Waals surface area contributed by atoms with E-state index in [4.69, 9.17) is 10.5 Å². The van der Waals surface area contributed by atoms with Crippen LogP contribution in [-0.4, -0.2) is 61.2 Å². The molecule has 1 unspecified atom stereocenters. The average Bonchev–Trinajstić information content (AvgIpc) is 2.41. The van der Waals surface area contributed by atoms with E-state index in [0.29, 0.717) is 18.5 Å². The van der Waals surface area contributed by atoms with Crippen molar-refractivity contribution in [1.82, 2.24) is 14.8 Å². The Morgan fingerprint density at radius 3 is 3.00 bits per heavy atom. The molecule has 1 aromatic heterocycles. The van der Waals surface area contributed by atoms with Gasteiger partial charge in [0.15, 0.2) is 0 Å². The van der Waals surface area contributed by atoms with Gasteiger partial charge < -0.3 is 15.4 Å². The molecule has 1 aromatic rings. The second-order valence-electron chi connectivity index (χ2n) is 4.79. The molecule has 0 saturated carbocycles. The Morgan fingerprint density at radius 2 is 2.28 bits per heavy atom. The van der Waals surface area contributed by atoms with Crippen molar-refractivity contribution in [3.05, 3.63) is 23.9 Å². The first-order valence-corrected chi connectivity index (χ1v) is 6.35. The van der Waals surface area contributed by atoms with Crippen molar-refractivity contribution in [3.8, 4) is 5.88 Å². The van der Waals surface area contributed by atoms with Crippen molar-refractivity contribution in [1.29, 1.82) is 0 Å². The Balaban J connectivity index is 2.02. The predicted molar refractivity (Wildman–Crippen MR) is 71.5 cm³/mol. The van der Waals surface area contributed by atoms with Crippen LogP contribution < -0.4 is 10.5 Å². The molecule has 5 nitrogen and oxygen atoms in total. The molecule has 0 spiro atoms. The van der Waals surface area contributed by atoms with E-state index in [0.717, 1.165) is 31.9 Å². The van der Waals surface area contributed by atoms with Crippen molar-refractivity contribution in [3.63, 3.8) is 0 Å². The third-order valence-corrected chi connectivity index (χ3v) is 3.44. The number of rotatable bonds is 4. The molecule has 2 heterocycles. The average molecular weight is 250 g/mol. The molecule has 1 atom stereocenters. The van der Waals surface area contributed by atoms with Crippen LogP contribution in [0, 0.1) is 0 Å². The number of ether oxygens (including phenoxy) is 1. The summed E-state index contributed by atoms with van der Waals surface area (Å²) in [4.78, 5) is 9.19. The monoisotopic (exact) mass is 250 g/mol. The molecule has 1 fully saturated rings. The van der Waals surface area contributed by atoms with Crippen molar-refractivity contribution in [2.45, 2.75) is 12.6 Å². The number of pyridine rings is 1. The lowest BCUT2D eigenvalue weighted by atomic mass is 10.1. The summed E-state index contributed by atoms with van der Waals surface area (Å²) in [5.74, 6) is 0.672. The van der Waals surface area contributed by atoms with Gasteiger partial charge in [-0.05, 0) is 13.1 Å². The van der Waals surface area contributed by atoms with Crippen molar-refractivity contribution in [2.75, 3.05) is 40.3 Å². The van der Waals surface area contributed by atoms with E-state index in [2.05, 4.69) is 21.8 Å². The lowest BCUT2D eigenvalue weighted by Gasteiger charge is -2.39. The van der Waals surface area contributed by atoms with Crippen LogP contribution in [0.4, 0.5) is 0 Å². The van der Waals surface area contributed by atoms with E-state index in [1.807, 2.05) is 18.2 Å². The lowest BCUT2D eigenvalue weighted by molar-refractivity contribution is 0.0868. The van der Waals surface area contributed by atoms with Crippen LogP contribution in [-0.2, 0) is 6.54 Å². The van der Waals surface area contributed by atoms with E-state index < -0.39 is 0 Å². The Bertz CT molecular complexity index is 385. The number of hydrogen-bond donors (Lipinski definition) is 1. The zero-order valence-electron chi connectivity index (χ0n) is 11.2. The molecule has 1 saturated heterocycles. The molecule has 1 aliphatic rings. The number of piperazine rings is 1. The minimum atomic E-state index is 0.414. The van der Waals surface area contributed by atoms with Gasteiger partial charge >= 0.3 is 0 Å². The Hall–Kier alpha value is -1.17. The minimum absolute atomic E-state index is 0.414. The highest BCUT2D eigenvalue weighted by molar-refractivity contribution is 5.15. The van der Waals surface area contributed by atoms with E-state index in [1.165, 1.54) is 0 Å². The number of likely N-dealkylation sites (N-methyl/N-ethyl adjacent to an activating group) is 1. The second-order valence-corrected chi connectivity index (χ2v) is 4.79. The van der Waals surface area contributed by atoms with Gasteiger partial charge in [0.25, 0.3) is 0 Å². The van der Waals surface area contributed by atoms with Gasteiger partial charge in [-0.2, -0.15) is 0 Å². The fourth-order valence-corrected chi connectivity index (χ4v) is 2.35. The van der Waals surface area contributed by atoms with Crippen molar-refractivity contribution >= 4 is 0 Å². The molecule has 0 radical (unpaired) electrons. The van der Waals surface area contributed by atoms with Crippen LogP contribution in [0.2, 0.25) is 0 Å². The van der Waals surface area contributed by atoms with Crippen LogP contribution in [0.15, 0.2) is 18.2 Å². The molecule has 0 amide bonds. The summed E-state index contributed by atoms with van der Waals surface area (Å²) in [7, 11) is 3.79. The van der Waals surface area contributed by atoms with Crippen LogP contribution in [0.25, 0.3) is 0 Å². The predicted octanol–water partition coefficient (Wildman–Crippen LogP) is 0.165. The molecule has 1 aliphatic heterocycles. The largest absolute Gasteiger partial charge is 0.481 e. The highest BCUT2D eigenvalue weighted by Crippen LogP contribution is 2.13.